The minimum atomic E-state index is -0.396. The number of hydrogen-bond donors (Lipinski definition) is 3. The number of carbonyl (C=O) groups excluding carboxylic acids is 1. The number of ether oxygens (including phenoxy) is 1. The van der Waals surface area contributed by atoms with Crippen molar-refractivity contribution in [2.24, 2.45) is 0 Å². The number of nitrogens with one attached hydrogen (secondary N) is 3. The van der Waals surface area contributed by atoms with Gasteiger partial charge in [-0.1, -0.05) is 17.8 Å². The molecule has 1 aromatic heterocycles. The van der Waals surface area contributed by atoms with E-state index in [2.05, 4.69) is 20.6 Å². The lowest BCUT2D eigenvalue weighted by Crippen LogP contribution is -2.29. The Labute approximate surface area is 144 Å². The zero-order valence-electron chi connectivity index (χ0n) is 13.8. The molecule has 0 radical (unpaired) electrons. The van der Waals surface area contributed by atoms with Crippen LogP contribution < -0.4 is 20.9 Å². The molecule has 2 rings (SSSR count). The molecule has 2 aromatic rings. The maximum Gasteiger partial charge on any atom is 0.319 e. The number of H-pyrrole nitrogens is 1. The van der Waals surface area contributed by atoms with Gasteiger partial charge in [-0.2, -0.15) is 0 Å². The van der Waals surface area contributed by atoms with E-state index >= 15 is 0 Å². The summed E-state index contributed by atoms with van der Waals surface area (Å²) in [4.78, 5) is 30.4. The largest absolute Gasteiger partial charge is 0.492 e. The van der Waals surface area contributed by atoms with Crippen LogP contribution in [0.4, 0.5) is 10.5 Å². The van der Waals surface area contributed by atoms with E-state index in [1.807, 2.05) is 32.2 Å². The molecule has 24 heavy (non-hydrogen) atoms. The van der Waals surface area contributed by atoms with Crippen molar-refractivity contribution in [3.05, 3.63) is 45.9 Å². The highest BCUT2D eigenvalue weighted by atomic mass is 32.2. The van der Waals surface area contributed by atoms with Gasteiger partial charge < -0.3 is 20.4 Å². The molecular formula is C16H20N4O3S. The summed E-state index contributed by atoms with van der Waals surface area (Å²) in [5.74, 6) is 0.617. The van der Waals surface area contributed by atoms with Gasteiger partial charge in [-0.05, 0) is 37.8 Å². The fourth-order valence-corrected chi connectivity index (χ4v) is 2.43. The lowest BCUT2D eigenvalue weighted by Gasteiger charge is -2.13. The lowest BCUT2D eigenvalue weighted by molar-refractivity contribution is 0.251. The molecule has 0 aliphatic heterocycles. The molecule has 0 aliphatic carbocycles. The van der Waals surface area contributed by atoms with E-state index in [1.165, 1.54) is 17.8 Å². The molecule has 2 amide bonds. The van der Waals surface area contributed by atoms with E-state index in [0.717, 1.165) is 5.56 Å². The Balaban J connectivity index is 2.01. The van der Waals surface area contributed by atoms with Crippen LogP contribution >= 0.6 is 11.8 Å². The first-order valence-electron chi connectivity index (χ1n) is 7.44. The molecule has 7 nitrogen and oxygen atoms in total. The zero-order valence-corrected chi connectivity index (χ0v) is 14.6. The van der Waals surface area contributed by atoms with Crippen LogP contribution in [-0.4, -0.2) is 28.9 Å². The van der Waals surface area contributed by atoms with Crippen molar-refractivity contribution >= 4 is 23.5 Å². The summed E-state index contributed by atoms with van der Waals surface area (Å²) >= 11 is 1.33. The second-order valence-electron chi connectivity index (χ2n) is 4.99. The van der Waals surface area contributed by atoms with Crippen LogP contribution in [0.1, 0.15) is 18.2 Å². The molecule has 0 aliphatic rings. The number of nitrogens with zero attached hydrogens (tertiary/aromatic N) is 1. The van der Waals surface area contributed by atoms with E-state index in [4.69, 9.17) is 4.74 Å². The third-order valence-electron chi connectivity index (χ3n) is 3.08. The Kier molecular flexibility index (Phi) is 6.25. The summed E-state index contributed by atoms with van der Waals surface area (Å²) in [7, 11) is 0. The Morgan fingerprint density at radius 1 is 1.38 bits per heavy atom. The monoisotopic (exact) mass is 348 g/mol. The number of aromatic amines is 1. The number of amides is 2. The number of urea groups is 1. The highest BCUT2D eigenvalue weighted by Crippen LogP contribution is 2.25. The third-order valence-corrected chi connectivity index (χ3v) is 3.66. The van der Waals surface area contributed by atoms with Gasteiger partial charge in [-0.25, -0.2) is 9.78 Å². The molecule has 3 N–H and O–H groups in total. The lowest BCUT2D eigenvalue weighted by atomic mass is 10.2. The summed E-state index contributed by atoms with van der Waals surface area (Å²) in [5.41, 5.74) is 1.88. The zero-order chi connectivity index (χ0) is 17.5. The molecule has 0 unspecified atom stereocenters. The molecule has 0 saturated heterocycles. The minimum absolute atomic E-state index is 0.152. The molecule has 1 aromatic carbocycles. The maximum atomic E-state index is 12.1. The van der Waals surface area contributed by atoms with Gasteiger partial charge in [0.25, 0.3) is 5.56 Å². The summed E-state index contributed by atoms with van der Waals surface area (Å²) in [6.07, 6.45) is 1.81. The van der Waals surface area contributed by atoms with Gasteiger partial charge in [0.2, 0.25) is 0 Å². The van der Waals surface area contributed by atoms with Crippen LogP contribution in [-0.2, 0) is 6.54 Å². The van der Waals surface area contributed by atoms with Crippen molar-refractivity contribution in [3.63, 3.8) is 0 Å². The number of carbonyl (C=O) groups is 1. The molecule has 0 saturated carbocycles. The second-order valence-corrected chi connectivity index (χ2v) is 5.78. The van der Waals surface area contributed by atoms with Gasteiger partial charge in [0.1, 0.15) is 5.75 Å². The van der Waals surface area contributed by atoms with E-state index in [-0.39, 0.29) is 12.1 Å². The fraction of sp³-hybridized carbons (Fsp3) is 0.312. The maximum absolute atomic E-state index is 12.1. The Hall–Kier alpha value is -2.48. The molecule has 1 heterocycles. The highest BCUT2D eigenvalue weighted by Gasteiger charge is 2.09. The van der Waals surface area contributed by atoms with Crippen molar-refractivity contribution < 1.29 is 9.53 Å². The van der Waals surface area contributed by atoms with Crippen LogP contribution in [0.2, 0.25) is 0 Å². The predicted octanol–water partition coefficient (Wildman–Crippen LogP) is 2.52. The normalized spacial score (nSPS) is 10.3. The van der Waals surface area contributed by atoms with Crippen molar-refractivity contribution in [2.45, 2.75) is 25.5 Å². The average molecular weight is 348 g/mol. The predicted molar refractivity (Wildman–Crippen MR) is 94.8 cm³/mol. The van der Waals surface area contributed by atoms with Crippen LogP contribution in [0.15, 0.2) is 34.2 Å². The Morgan fingerprint density at radius 3 is 2.88 bits per heavy atom. The van der Waals surface area contributed by atoms with Crippen molar-refractivity contribution in [3.8, 4) is 5.75 Å². The van der Waals surface area contributed by atoms with Gasteiger partial charge in [0.15, 0.2) is 5.16 Å². The van der Waals surface area contributed by atoms with Gasteiger partial charge in [-0.3, -0.25) is 4.79 Å². The molecular weight excluding hydrogens is 328 g/mol. The molecule has 0 spiro atoms. The quantitative estimate of drug-likeness (QED) is 0.551. The number of anilines is 1. The van der Waals surface area contributed by atoms with Crippen LogP contribution in [0, 0.1) is 6.92 Å². The Bertz CT molecular complexity index is 776. The fourth-order valence-electron chi connectivity index (χ4n) is 2.02. The number of hydrogen-bond acceptors (Lipinski definition) is 5. The molecule has 0 fully saturated rings. The molecule has 8 heteroatoms. The van der Waals surface area contributed by atoms with E-state index < -0.39 is 6.03 Å². The second kappa shape index (κ2) is 8.39. The first kappa shape index (κ1) is 17.9. The summed E-state index contributed by atoms with van der Waals surface area (Å²) in [6, 6.07) is 6.51. The smallest absolute Gasteiger partial charge is 0.319 e. The van der Waals surface area contributed by atoms with Gasteiger partial charge in [0.05, 0.1) is 24.5 Å². The molecule has 0 bridgehead atoms. The number of aromatic nitrogens is 2. The highest BCUT2D eigenvalue weighted by molar-refractivity contribution is 7.98. The average Bonchev–Trinajstić information content (AvgIpc) is 2.55. The standard InChI is InChI=1S/C16H20N4O3S/c1-4-23-13-7-10(2)5-6-12(13)19-15(22)17-9-11-8-14(21)20-16(18-11)24-3/h5-8H,4,9H2,1-3H3,(H2,17,19,22)(H,18,20,21). The van der Waals surface area contributed by atoms with Crippen LogP contribution in [0.3, 0.4) is 0 Å². The van der Waals surface area contributed by atoms with Crippen molar-refractivity contribution in [1.82, 2.24) is 15.3 Å². The van der Waals surface area contributed by atoms with Gasteiger partial charge >= 0.3 is 6.03 Å². The summed E-state index contributed by atoms with van der Waals surface area (Å²) in [6.45, 7) is 4.50. The first-order chi connectivity index (χ1) is 11.5. The number of aryl methyl sites for hydroxylation is 1. The van der Waals surface area contributed by atoms with E-state index in [0.29, 0.717) is 28.9 Å². The number of rotatable bonds is 6. The van der Waals surface area contributed by atoms with Gasteiger partial charge in [-0.15, -0.1) is 0 Å². The minimum Gasteiger partial charge on any atom is -0.492 e. The number of benzene rings is 1. The van der Waals surface area contributed by atoms with Crippen LogP contribution in [0.5, 0.6) is 5.75 Å². The summed E-state index contributed by atoms with van der Waals surface area (Å²) in [5, 5.41) is 5.93. The molecule has 0 atom stereocenters. The van der Waals surface area contributed by atoms with Crippen LogP contribution in [0.25, 0.3) is 0 Å². The topological polar surface area (TPSA) is 96.1 Å². The summed E-state index contributed by atoms with van der Waals surface area (Å²) < 4.78 is 5.52. The number of thioether (sulfide) groups is 1. The van der Waals surface area contributed by atoms with Crippen molar-refractivity contribution in [1.29, 1.82) is 0 Å². The molecule has 128 valence electrons. The Morgan fingerprint density at radius 2 is 2.17 bits per heavy atom. The third kappa shape index (κ3) is 5.02. The van der Waals surface area contributed by atoms with Gasteiger partial charge in [0, 0.05) is 6.07 Å². The SMILES string of the molecule is CCOc1cc(C)ccc1NC(=O)NCc1cc(=O)[nH]c(SC)n1. The van der Waals surface area contributed by atoms with E-state index in [1.54, 1.807) is 6.07 Å². The van der Waals surface area contributed by atoms with Crippen molar-refractivity contribution in [2.75, 3.05) is 18.2 Å². The first-order valence-corrected chi connectivity index (χ1v) is 8.66. The van der Waals surface area contributed by atoms with E-state index in [9.17, 15) is 9.59 Å².